The zero-order valence-electron chi connectivity index (χ0n) is 15.1. The Bertz CT molecular complexity index is 941. The molecule has 1 heterocycles. The number of rotatable bonds is 7. The van der Waals surface area contributed by atoms with E-state index in [1.54, 1.807) is 0 Å². The van der Waals surface area contributed by atoms with E-state index < -0.39 is 23.9 Å². The first-order chi connectivity index (χ1) is 13.8. The molecule has 1 amide bonds. The van der Waals surface area contributed by atoms with Crippen LogP contribution >= 0.6 is 0 Å². The summed E-state index contributed by atoms with van der Waals surface area (Å²) in [6.07, 6.45) is -4.63. The van der Waals surface area contributed by atoms with Crippen molar-refractivity contribution in [1.82, 2.24) is 25.5 Å². The number of aryl methyl sites for hydroxylation is 1. The lowest BCUT2D eigenvalue weighted by atomic mass is 10.1. The number of hydrogen-bond donors (Lipinski definition) is 1. The number of aromatic nitrogens is 4. The predicted molar refractivity (Wildman–Crippen MR) is 95.8 cm³/mol. The van der Waals surface area contributed by atoms with Gasteiger partial charge in [0.05, 0.1) is 6.54 Å². The van der Waals surface area contributed by atoms with E-state index in [-0.39, 0.29) is 24.9 Å². The molecule has 6 nitrogen and oxygen atoms in total. The maximum Gasteiger partial charge on any atom is 0.412 e. The van der Waals surface area contributed by atoms with Gasteiger partial charge in [0.25, 0.3) is 0 Å². The zero-order valence-corrected chi connectivity index (χ0v) is 15.1. The molecule has 2 aromatic carbocycles. The monoisotopic (exact) mass is 407 g/mol. The molecule has 10 heteroatoms. The summed E-state index contributed by atoms with van der Waals surface area (Å²) < 4.78 is 52.8. The van der Waals surface area contributed by atoms with Crippen LogP contribution in [-0.2, 0) is 11.3 Å². The topological polar surface area (TPSA) is 72.7 Å². The van der Waals surface area contributed by atoms with Crippen molar-refractivity contribution in [1.29, 1.82) is 0 Å². The van der Waals surface area contributed by atoms with Gasteiger partial charge in [0, 0.05) is 12.0 Å². The number of halogens is 4. The Balaban J connectivity index is 1.55. The van der Waals surface area contributed by atoms with Crippen LogP contribution in [0.2, 0.25) is 0 Å². The lowest BCUT2D eigenvalue weighted by Gasteiger charge is -2.22. The first-order valence-electron chi connectivity index (χ1n) is 8.78. The number of carbonyl (C=O) groups excluding carboxylic acids is 1. The van der Waals surface area contributed by atoms with Crippen molar-refractivity contribution in [3.8, 4) is 11.4 Å². The fourth-order valence-corrected chi connectivity index (χ4v) is 2.66. The van der Waals surface area contributed by atoms with Crippen molar-refractivity contribution in [2.45, 2.75) is 31.6 Å². The molecular weight excluding hydrogens is 390 g/mol. The third kappa shape index (κ3) is 5.59. The number of tetrazole rings is 1. The molecule has 0 bridgehead atoms. The molecule has 152 valence electrons. The first kappa shape index (κ1) is 20.4. The molecule has 0 aliphatic heterocycles. The molecule has 29 heavy (non-hydrogen) atoms. The Morgan fingerprint density at radius 3 is 2.41 bits per heavy atom. The number of benzene rings is 2. The van der Waals surface area contributed by atoms with Gasteiger partial charge in [-0.3, -0.25) is 4.79 Å². The molecule has 1 aromatic heterocycles. The van der Waals surface area contributed by atoms with Crippen molar-refractivity contribution in [3.05, 3.63) is 66.0 Å². The van der Waals surface area contributed by atoms with E-state index in [9.17, 15) is 22.4 Å². The highest BCUT2D eigenvalue weighted by atomic mass is 19.4. The van der Waals surface area contributed by atoms with Crippen LogP contribution in [0.4, 0.5) is 17.6 Å². The summed E-state index contributed by atoms with van der Waals surface area (Å²) in [6, 6.07) is 10.8. The molecule has 0 aliphatic rings. The molecular formula is C19H17F4N5O. The predicted octanol–water partition coefficient (Wildman–Crippen LogP) is 3.68. The van der Waals surface area contributed by atoms with E-state index in [1.807, 2.05) is 35.6 Å². The Kier molecular flexibility index (Phi) is 6.20. The third-order valence-corrected chi connectivity index (χ3v) is 4.08. The fourth-order valence-electron chi connectivity index (χ4n) is 2.66. The number of nitrogens with zero attached hydrogens (tertiary/aromatic N) is 4. The minimum atomic E-state index is -4.70. The van der Waals surface area contributed by atoms with Crippen molar-refractivity contribution in [3.63, 3.8) is 0 Å². The van der Waals surface area contributed by atoms with Crippen molar-refractivity contribution >= 4 is 5.91 Å². The second-order valence-corrected chi connectivity index (χ2v) is 6.27. The SMILES string of the molecule is O=C(CCCn1nnc(-c2ccccc2)n1)NC(c1ccc(F)cc1)C(F)(F)F. The summed E-state index contributed by atoms with van der Waals surface area (Å²) in [7, 11) is 0. The molecule has 0 saturated heterocycles. The van der Waals surface area contributed by atoms with E-state index in [1.165, 1.54) is 4.80 Å². The average molecular weight is 407 g/mol. The molecule has 0 aliphatic carbocycles. The van der Waals surface area contributed by atoms with Gasteiger partial charge < -0.3 is 5.32 Å². The summed E-state index contributed by atoms with van der Waals surface area (Å²) in [6.45, 7) is 0.223. The smallest absolute Gasteiger partial charge is 0.341 e. The summed E-state index contributed by atoms with van der Waals surface area (Å²) in [5, 5.41) is 13.9. The highest BCUT2D eigenvalue weighted by Crippen LogP contribution is 2.32. The third-order valence-electron chi connectivity index (χ3n) is 4.08. The number of amides is 1. The maximum atomic E-state index is 13.3. The number of alkyl halides is 3. The van der Waals surface area contributed by atoms with Crippen LogP contribution < -0.4 is 5.32 Å². The van der Waals surface area contributed by atoms with Gasteiger partial charge in [-0.05, 0) is 29.3 Å². The van der Waals surface area contributed by atoms with Gasteiger partial charge in [-0.2, -0.15) is 18.0 Å². The van der Waals surface area contributed by atoms with Crippen LogP contribution in [0.15, 0.2) is 54.6 Å². The standard InChI is InChI=1S/C19H17F4N5O/c20-15-10-8-13(9-11-15)17(19(21,22)23)24-16(29)7-4-12-28-26-18(25-27-28)14-5-2-1-3-6-14/h1-3,5-6,8-11,17H,4,7,12H2,(H,24,29). The van der Waals surface area contributed by atoms with Crippen LogP contribution in [0.1, 0.15) is 24.4 Å². The zero-order chi connectivity index (χ0) is 20.9. The molecule has 1 atom stereocenters. The largest absolute Gasteiger partial charge is 0.412 e. The minimum absolute atomic E-state index is 0.157. The molecule has 1 N–H and O–H groups in total. The number of nitrogens with one attached hydrogen (secondary N) is 1. The summed E-state index contributed by atoms with van der Waals surface area (Å²) >= 11 is 0. The fraction of sp³-hybridized carbons (Fsp3) is 0.263. The lowest BCUT2D eigenvalue weighted by Crippen LogP contribution is -2.38. The van der Waals surface area contributed by atoms with E-state index in [2.05, 4.69) is 15.4 Å². The lowest BCUT2D eigenvalue weighted by molar-refractivity contribution is -0.163. The van der Waals surface area contributed by atoms with Crippen LogP contribution in [0, 0.1) is 5.82 Å². The molecule has 0 fully saturated rings. The van der Waals surface area contributed by atoms with Crippen molar-refractivity contribution in [2.75, 3.05) is 0 Å². The van der Waals surface area contributed by atoms with Crippen molar-refractivity contribution in [2.24, 2.45) is 0 Å². The van der Waals surface area contributed by atoms with E-state index >= 15 is 0 Å². The van der Waals surface area contributed by atoms with Gasteiger partial charge in [0.1, 0.15) is 5.82 Å². The van der Waals surface area contributed by atoms with Crippen molar-refractivity contribution < 1.29 is 22.4 Å². The highest BCUT2D eigenvalue weighted by Gasteiger charge is 2.41. The van der Waals surface area contributed by atoms with Gasteiger partial charge in [0.2, 0.25) is 11.7 Å². The quantitative estimate of drug-likeness (QED) is 0.607. The summed E-state index contributed by atoms with van der Waals surface area (Å²) in [4.78, 5) is 13.3. The van der Waals surface area contributed by atoms with Gasteiger partial charge in [0.15, 0.2) is 6.04 Å². The van der Waals surface area contributed by atoms with Gasteiger partial charge in [-0.25, -0.2) is 4.39 Å². The number of carbonyl (C=O) groups is 1. The molecule has 3 rings (SSSR count). The van der Waals surface area contributed by atoms with Gasteiger partial charge in [-0.15, -0.1) is 10.2 Å². The summed E-state index contributed by atoms with van der Waals surface area (Å²) in [5.74, 6) is -1.01. The Labute approximate surface area is 163 Å². The Morgan fingerprint density at radius 1 is 1.07 bits per heavy atom. The highest BCUT2D eigenvalue weighted by molar-refractivity contribution is 5.76. The first-order valence-corrected chi connectivity index (χ1v) is 8.78. The molecule has 0 radical (unpaired) electrons. The van der Waals surface area contributed by atoms with Crippen LogP contribution in [-0.4, -0.2) is 32.3 Å². The molecule has 0 saturated carbocycles. The molecule has 3 aromatic rings. The van der Waals surface area contributed by atoms with Crippen LogP contribution in [0.3, 0.4) is 0 Å². The van der Waals surface area contributed by atoms with E-state index in [4.69, 9.17) is 0 Å². The second-order valence-electron chi connectivity index (χ2n) is 6.27. The second kappa shape index (κ2) is 8.80. The van der Waals surface area contributed by atoms with E-state index in [0.29, 0.717) is 5.82 Å². The normalized spacial score (nSPS) is 12.6. The Hall–Kier alpha value is -3.30. The summed E-state index contributed by atoms with van der Waals surface area (Å²) in [5.41, 5.74) is 0.543. The minimum Gasteiger partial charge on any atom is -0.341 e. The molecule has 0 spiro atoms. The van der Waals surface area contributed by atoms with E-state index in [0.717, 1.165) is 29.8 Å². The van der Waals surface area contributed by atoms with Gasteiger partial charge in [-0.1, -0.05) is 42.5 Å². The van der Waals surface area contributed by atoms with Crippen LogP contribution in [0.5, 0.6) is 0 Å². The number of hydrogen-bond acceptors (Lipinski definition) is 4. The Morgan fingerprint density at radius 2 is 1.76 bits per heavy atom. The van der Waals surface area contributed by atoms with Crippen LogP contribution in [0.25, 0.3) is 11.4 Å². The maximum absolute atomic E-state index is 13.3. The average Bonchev–Trinajstić information content (AvgIpc) is 3.16. The molecule has 1 unspecified atom stereocenters. The van der Waals surface area contributed by atoms with Gasteiger partial charge >= 0.3 is 6.18 Å².